The van der Waals surface area contributed by atoms with Gasteiger partial charge in [0.1, 0.15) is 24.1 Å². The number of quaternary nitrogens is 1. The van der Waals surface area contributed by atoms with Gasteiger partial charge in [0.05, 0.1) is 17.8 Å². The first-order chi connectivity index (χ1) is 21.7. The van der Waals surface area contributed by atoms with Gasteiger partial charge >= 0.3 is 10.4 Å². The monoisotopic (exact) mass is 684 g/mol. The minimum atomic E-state index is -4.95. The van der Waals surface area contributed by atoms with Gasteiger partial charge in [0.15, 0.2) is 17.5 Å². The number of hydroxylamine groups is 2. The van der Waals surface area contributed by atoms with E-state index in [1.807, 2.05) is 22.9 Å². The molecule has 0 spiro atoms. The zero-order valence-electron chi connectivity index (χ0n) is 24.7. The first-order valence-corrected chi connectivity index (χ1v) is 15.6. The molecular formula is C25H34N9O10S2+. The quantitative estimate of drug-likeness (QED) is 0.0301. The molecule has 21 heteroatoms. The maximum Gasteiger partial charge on any atom is 0.418 e. The molecule has 1 atom stereocenters. The van der Waals surface area contributed by atoms with Gasteiger partial charge in [0, 0.05) is 30.1 Å². The van der Waals surface area contributed by atoms with Crippen molar-refractivity contribution in [2.75, 3.05) is 31.2 Å². The van der Waals surface area contributed by atoms with E-state index in [0.29, 0.717) is 16.8 Å². The molecule has 2 aromatic heterocycles. The van der Waals surface area contributed by atoms with Crippen molar-refractivity contribution < 1.29 is 52.1 Å². The van der Waals surface area contributed by atoms with Crippen molar-refractivity contribution in [1.82, 2.24) is 24.9 Å². The summed E-state index contributed by atoms with van der Waals surface area (Å²) in [6.45, 7) is 4.19. The molecule has 1 aromatic carbocycles. The molecule has 250 valence electrons. The van der Waals surface area contributed by atoms with Crippen LogP contribution in [-0.4, -0.2) is 93.0 Å². The third-order valence-electron chi connectivity index (χ3n) is 6.31. The van der Waals surface area contributed by atoms with Crippen molar-refractivity contribution in [3.05, 3.63) is 41.5 Å². The first kappa shape index (κ1) is 35.6. The second kappa shape index (κ2) is 15.4. The standard InChI is InChI=1S/C24H31N9O8S2.CH2O2/c1-24(2)19(21(35)33(24)41-43(36,37)38)30-20(34)18(17-13-42-23(27)29-17)31-40-11-10-39-15-6-4-14(5-7-15)16-12-32(9-3-8-25)22(26)28-16;2-1-3/h4-7,12-13,19H,3,8-11,25H2,1-2H3,(H2,26,28)(H2,27,29)(H,30,34)(H,36,37,38);1H,(H,2,3)/p+1/b31-18-;. The average molecular weight is 685 g/mol. The maximum absolute atomic E-state index is 13.1. The zero-order chi connectivity index (χ0) is 34.1. The number of oxime groups is 1. The smallest absolute Gasteiger partial charge is 0.418 e. The van der Waals surface area contributed by atoms with Crippen molar-refractivity contribution in [3.63, 3.8) is 0 Å². The number of nitrogens with zero attached hydrogens (tertiary/aromatic N) is 5. The number of amides is 2. The summed E-state index contributed by atoms with van der Waals surface area (Å²) in [7, 11) is -4.95. The molecule has 10 N–H and O–H groups in total. The van der Waals surface area contributed by atoms with Gasteiger partial charge in [0.25, 0.3) is 18.3 Å². The van der Waals surface area contributed by atoms with Gasteiger partial charge in [-0.25, -0.2) is 9.97 Å². The van der Waals surface area contributed by atoms with E-state index in [2.05, 4.69) is 30.5 Å². The van der Waals surface area contributed by atoms with Crippen molar-refractivity contribution in [2.24, 2.45) is 5.16 Å². The van der Waals surface area contributed by atoms with Crippen LogP contribution in [0.3, 0.4) is 0 Å². The van der Waals surface area contributed by atoms with E-state index in [-0.39, 0.29) is 36.2 Å². The highest BCUT2D eigenvalue weighted by Gasteiger charge is 2.58. The SMILES string of the molecule is CC1(C)C(NC(=O)/C(=N\OCCOc2ccc(-c3cn(CCC[NH3+])c(N)n3)cc2)c2csc(N)n2)C(=O)N1OS(=O)(=O)O.O=CO. The molecule has 0 bridgehead atoms. The molecule has 4 rings (SSSR count). The number of hydrogen-bond acceptors (Lipinski definition) is 14. The third kappa shape index (κ3) is 9.10. The molecule has 1 aliphatic heterocycles. The summed E-state index contributed by atoms with van der Waals surface area (Å²) in [6, 6.07) is 6.04. The summed E-state index contributed by atoms with van der Waals surface area (Å²) in [6.07, 6.45) is 2.79. The number of β-lactam (4-membered cyclic amide) rings is 1. The molecule has 1 unspecified atom stereocenters. The number of imidazole rings is 1. The van der Waals surface area contributed by atoms with E-state index < -0.39 is 33.8 Å². The Kier molecular flexibility index (Phi) is 12.0. The van der Waals surface area contributed by atoms with Crippen molar-refractivity contribution >= 4 is 56.8 Å². The highest BCUT2D eigenvalue weighted by Crippen LogP contribution is 2.33. The molecular weight excluding hydrogens is 650 g/mol. The molecule has 1 fully saturated rings. The number of carboxylic acid groups (broad SMARTS) is 1. The lowest BCUT2D eigenvalue weighted by molar-refractivity contribution is -0.368. The van der Waals surface area contributed by atoms with Gasteiger partial charge in [-0.1, -0.05) is 5.16 Å². The molecule has 3 heterocycles. The van der Waals surface area contributed by atoms with Crippen LogP contribution in [0, 0.1) is 0 Å². The van der Waals surface area contributed by atoms with Crippen LogP contribution in [0.15, 0.2) is 41.0 Å². The number of benzene rings is 1. The third-order valence-corrected chi connectivity index (χ3v) is 7.32. The lowest BCUT2D eigenvalue weighted by Crippen LogP contribution is -2.76. The van der Waals surface area contributed by atoms with Gasteiger partial charge < -0.3 is 41.8 Å². The van der Waals surface area contributed by atoms with Crippen LogP contribution in [0.4, 0.5) is 11.1 Å². The minimum Gasteiger partial charge on any atom is -0.490 e. The normalized spacial score (nSPS) is 15.7. The van der Waals surface area contributed by atoms with Crippen molar-refractivity contribution in [2.45, 2.75) is 38.4 Å². The Morgan fingerprint density at radius 1 is 1.24 bits per heavy atom. The van der Waals surface area contributed by atoms with Gasteiger partial charge in [0.2, 0.25) is 5.95 Å². The molecule has 0 radical (unpaired) electrons. The zero-order valence-corrected chi connectivity index (χ0v) is 26.4. The summed E-state index contributed by atoms with van der Waals surface area (Å²) in [4.78, 5) is 47.6. The Morgan fingerprint density at radius 3 is 2.48 bits per heavy atom. The fraction of sp³-hybridized carbons (Fsp3) is 0.360. The largest absolute Gasteiger partial charge is 0.490 e. The minimum absolute atomic E-state index is 0.0464. The number of anilines is 2. The number of ether oxygens (including phenoxy) is 1. The summed E-state index contributed by atoms with van der Waals surface area (Å²) in [5, 5.41) is 15.3. The molecule has 0 saturated carbocycles. The fourth-order valence-electron chi connectivity index (χ4n) is 4.08. The molecule has 0 aliphatic carbocycles. The van der Waals surface area contributed by atoms with Crippen LogP contribution in [0.1, 0.15) is 26.0 Å². The predicted molar refractivity (Wildman–Crippen MR) is 163 cm³/mol. The van der Waals surface area contributed by atoms with Crippen LogP contribution in [0.5, 0.6) is 5.75 Å². The highest BCUT2D eigenvalue weighted by atomic mass is 32.3. The van der Waals surface area contributed by atoms with E-state index in [0.717, 1.165) is 42.1 Å². The molecule has 1 saturated heterocycles. The van der Waals surface area contributed by atoms with Gasteiger partial charge in [-0.2, -0.15) is 13.5 Å². The molecule has 19 nitrogen and oxygen atoms in total. The molecule has 46 heavy (non-hydrogen) atoms. The predicted octanol–water partition coefficient (Wildman–Crippen LogP) is -0.856. The number of carbonyl (C=O) groups is 3. The number of nitrogen functional groups attached to an aromatic ring is 2. The van der Waals surface area contributed by atoms with E-state index in [1.165, 1.54) is 19.2 Å². The topological polar surface area (TPSA) is 292 Å². The number of nitrogens with two attached hydrogens (primary N) is 2. The second-order valence-corrected chi connectivity index (χ2v) is 11.8. The van der Waals surface area contributed by atoms with Crippen LogP contribution >= 0.6 is 11.3 Å². The van der Waals surface area contributed by atoms with Crippen molar-refractivity contribution in [1.29, 1.82) is 0 Å². The Labute approximate surface area is 266 Å². The number of thiazole rings is 1. The number of hydrogen-bond donors (Lipinski definition) is 6. The van der Waals surface area contributed by atoms with Crippen LogP contribution < -0.4 is 27.3 Å². The lowest BCUT2D eigenvalue weighted by atomic mass is 9.84. The summed E-state index contributed by atoms with van der Waals surface area (Å²) in [5.41, 5.74) is 15.6. The van der Waals surface area contributed by atoms with Crippen LogP contribution in [0.2, 0.25) is 0 Å². The number of nitrogens with one attached hydrogen (secondary N) is 1. The Hall–Kier alpha value is -4.83. The first-order valence-electron chi connectivity index (χ1n) is 13.4. The summed E-state index contributed by atoms with van der Waals surface area (Å²) >= 11 is 1.06. The molecule has 3 aromatic rings. The Morgan fingerprint density at radius 2 is 1.91 bits per heavy atom. The second-order valence-electron chi connectivity index (χ2n) is 9.90. The van der Waals surface area contributed by atoms with Gasteiger partial charge in [-0.3, -0.25) is 18.9 Å². The summed E-state index contributed by atoms with van der Waals surface area (Å²) in [5.74, 6) is -0.743. The van der Waals surface area contributed by atoms with E-state index >= 15 is 0 Å². The van der Waals surface area contributed by atoms with Gasteiger partial charge in [-0.05, 0) is 38.1 Å². The number of rotatable bonds is 14. The number of aromatic nitrogens is 3. The highest BCUT2D eigenvalue weighted by molar-refractivity contribution is 7.80. The summed E-state index contributed by atoms with van der Waals surface area (Å²) < 4.78 is 42.9. The van der Waals surface area contributed by atoms with Crippen LogP contribution in [-0.2, 0) is 40.4 Å². The molecule has 1 aliphatic rings. The van der Waals surface area contributed by atoms with Gasteiger partial charge in [-0.15, -0.1) is 15.6 Å². The molecule has 2 amide bonds. The van der Waals surface area contributed by atoms with E-state index in [1.54, 1.807) is 12.1 Å². The Bertz CT molecular complexity index is 1660. The fourth-order valence-corrected chi connectivity index (χ4v) is 5.08. The maximum atomic E-state index is 13.1. The van der Waals surface area contributed by atoms with E-state index in [9.17, 15) is 18.0 Å². The average Bonchev–Trinajstić information content (AvgIpc) is 3.60. The van der Waals surface area contributed by atoms with Crippen molar-refractivity contribution in [3.8, 4) is 17.0 Å². The van der Waals surface area contributed by atoms with E-state index in [4.69, 9.17) is 35.5 Å². The number of aryl methyl sites for hydroxylation is 1. The Balaban J connectivity index is 0.00000185. The lowest BCUT2D eigenvalue weighted by Gasteiger charge is -2.50. The number of carbonyl (C=O) groups excluding carboxylic acids is 2. The van der Waals surface area contributed by atoms with Crippen LogP contribution in [0.25, 0.3) is 11.3 Å².